The molecule has 0 radical (unpaired) electrons. The zero-order valence-corrected chi connectivity index (χ0v) is 15.7. The first kappa shape index (κ1) is 18.3. The molecule has 2 atom stereocenters. The molecule has 1 saturated heterocycles. The first-order valence-corrected chi connectivity index (χ1v) is 9.82. The van der Waals surface area contributed by atoms with Gasteiger partial charge >= 0.3 is 0 Å². The van der Waals surface area contributed by atoms with Crippen molar-refractivity contribution in [1.82, 2.24) is 4.90 Å². The molecule has 2 heterocycles. The summed E-state index contributed by atoms with van der Waals surface area (Å²) in [4.78, 5) is 2.43. The van der Waals surface area contributed by atoms with Gasteiger partial charge in [0.25, 0.3) is 0 Å². The van der Waals surface area contributed by atoms with Gasteiger partial charge in [-0.2, -0.15) is 0 Å². The molecule has 0 aromatic heterocycles. The van der Waals surface area contributed by atoms with Crippen molar-refractivity contribution in [2.45, 2.75) is 31.6 Å². The minimum absolute atomic E-state index is 0.102. The number of ether oxygens (including phenoxy) is 3. The van der Waals surface area contributed by atoms with E-state index in [0.717, 1.165) is 42.3 Å². The molecule has 0 spiro atoms. The van der Waals surface area contributed by atoms with Crippen LogP contribution in [0.25, 0.3) is 0 Å². The fourth-order valence-corrected chi connectivity index (χ4v) is 3.82. The van der Waals surface area contributed by atoms with Crippen LogP contribution in [0, 0.1) is 0 Å². The largest absolute Gasteiger partial charge is 0.486 e. The summed E-state index contributed by atoms with van der Waals surface area (Å²) in [7, 11) is 0. The molecule has 1 fully saturated rings. The van der Waals surface area contributed by atoms with Crippen molar-refractivity contribution in [3.8, 4) is 11.5 Å². The van der Waals surface area contributed by atoms with Crippen LogP contribution in [0.5, 0.6) is 11.5 Å². The van der Waals surface area contributed by atoms with Gasteiger partial charge in [-0.25, -0.2) is 0 Å². The number of rotatable bonds is 7. The quantitative estimate of drug-likeness (QED) is 0.814. The molecule has 0 unspecified atom stereocenters. The van der Waals surface area contributed by atoms with Gasteiger partial charge in [0.1, 0.15) is 13.2 Å². The van der Waals surface area contributed by atoms with Crippen molar-refractivity contribution in [2.24, 2.45) is 5.73 Å². The highest BCUT2D eigenvalue weighted by Gasteiger charge is 2.26. The Morgan fingerprint density at radius 3 is 2.48 bits per heavy atom. The molecule has 2 aliphatic rings. The van der Waals surface area contributed by atoms with Crippen LogP contribution in [0.15, 0.2) is 48.5 Å². The van der Waals surface area contributed by atoms with Gasteiger partial charge in [-0.1, -0.05) is 36.4 Å². The molecule has 0 saturated carbocycles. The lowest BCUT2D eigenvalue weighted by Gasteiger charge is -2.29. The van der Waals surface area contributed by atoms with E-state index in [1.807, 2.05) is 36.4 Å². The van der Waals surface area contributed by atoms with Crippen molar-refractivity contribution in [1.29, 1.82) is 0 Å². The number of hydrogen-bond donors (Lipinski definition) is 1. The summed E-state index contributed by atoms with van der Waals surface area (Å²) in [6.07, 6.45) is 2.32. The van der Waals surface area contributed by atoms with Gasteiger partial charge in [0.2, 0.25) is 0 Å². The van der Waals surface area contributed by atoms with E-state index in [2.05, 4.69) is 17.0 Å². The molecule has 2 aromatic rings. The van der Waals surface area contributed by atoms with Crippen LogP contribution in [0.1, 0.15) is 30.1 Å². The van der Waals surface area contributed by atoms with Gasteiger partial charge in [0, 0.05) is 12.6 Å². The van der Waals surface area contributed by atoms with Crippen molar-refractivity contribution in [2.75, 3.05) is 32.8 Å². The highest BCUT2D eigenvalue weighted by atomic mass is 16.6. The Labute approximate surface area is 161 Å². The molecule has 4 rings (SSSR count). The van der Waals surface area contributed by atoms with E-state index in [1.54, 1.807) is 0 Å². The van der Waals surface area contributed by atoms with E-state index in [1.165, 1.54) is 12.8 Å². The standard InChI is InChI=1S/C22H28N2O3/c23-19(15-24-10-4-5-11-24)22(27-16-17-6-2-1-3-7-17)18-8-9-20-21(14-18)26-13-12-25-20/h1-3,6-9,14,19,22H,4-5,10-13,15-16,23H2/t19-,22-/m1/s1. The topological polar surface area (TPSA) is 57.0 Å². The summed E-state index contributed by atoms with van der Waals surface area (Å²) in [5.74, 6) is 1.57. The summed E-state index contributed by atoms with van der Waals surface area (Å²) >= 11 is 0. The third kappa shape index (κ3) is 4.61. The van der Waals surface area contributed by atoms with Crippen molar-refractivity contribution >= 4 is 0 Å². The number of benzene rings is 2. The molecule has 0 amide bonds. The Morgan fingerprint density at radius 2 is 1.70 bits per heavy atom. The summed E-state index contributed by atoms with van der Waals surface area (Å²) in [6, 6.07) is 16.2. The Balaban J connectivity index is 1.52. The van der Waals surface area contributed by atoms with Crippen LogP contribution >= 0.6 is 0 Å². The Hall–Kier alpha value is -2.08. The third-order valence-corrected chi connectivity index (χ3v) is 5.22. The average molecular weight is 368 g/mol. The van der Waals surface area contributed by atoms with Gasteiger partial charge in [-0.3, -0.25) is 0 Å². The second-order valence-electron chi connectivity index (χ2n) is 7.29. The summed E-state index contributed by atoms with van der Waals surface area (Å²) in [5, 5.41) is 0. The third-order valence-electron chi connectivity index (χ3n) is 5.22. The van der Waals surface area contributed by atoms with Crippen LogP contribution in [0.2, 0.25) is 0 Å². The fraction of sp³-hybridized carbons (Fsp3) is 0.455. The van der Waals surface area contributed by atoms with Crippen LogP contribution in [-0.2, 0) is 11.3 Å². The van der Waals surface area contributed by atoms with E-state index in [4.69, 9.17) is 19.9 Å². The lowest BCUT2D eigenvalue weighted by molar-refractivity contribution is 0.0149. The molecular formula is C22H28N2O3. The minimum atomic E-state index is -0.193. The van der Waals surface area contributed by atoms with E-state index in [0.29, 0.717) is 19.8 Å². The lowest BCUT2D eigenvalue weighted by atomic mass is 10.0. The first-order chi connectivity index (χ1) is 13.3. The summed E-state index contributed by atoms with van der Waals surface area (Å²) in [6.45, 7) is 4.79. The molecule has 0 aliphatic carbocycles. The van der Waals surface area contributed by atoms with Gasteiger partial charge < -0.3 is 24.8 Å². The second-order valence-corrected chi connectivity index (χ2v) is 7.29. The highest BCUT2D eigenvalue weighted by Crippen LogP contribution is 2.34. The molecule has 5 heteroatoms. The van der Waals surface area contributed by atoms with Crippen molar-refractivity contribution < 1.29 is 14.2 Å². The number of nitrogens with zero attached hydrogens (tertiary/aromatic N) is 1. The molecule has 5 nitrogen and oxygen atoms in total. The molecule has 2 aliphatic heterocycles. The second kappa shape index (κ2) is 8.74. The number of hydrogen-bond acceptors (Lipinski definition) is 5. The maximum absolute atomic E-state index is 6.63. The first-order valence-electron chi connectivity index (χ1n) is 9.82. The Morgan fingerprint density at radius 1 is 0.963 bits per heavy atom. The van der Waals surface area contributed by atoms with Crippen LogP contribution in [0.4, 0.5) is 0 Å². The van der Waals surface area contributed by atoms with Crippen LogP contribution in [0.3, 0.4) is 0 Å². The predicted molar refractivity (Wildman–Crippen MR) is 105 cm³/mol. The van der Waals surface area contributed by atoms with Crippen LogP contribution < -0.4 is 15.2 Å². The van der Waals surface area contributed by atoms with Gasteiger partial charge in [-0.05, 0) is 49.2 Å². The van der Waals surface area contributed by atoms with Crippen molar-refractivity contribution in [3.05, 3.63) is 59.7 Å². The van der Waals surface area contributed by atoms with Gasteiger partial charge in [-0.15, -0.1) is 0 Å². The maximum Gasteiger partial charge on any atom is 0.161 e. The minimum Gasteiger partial charge on any atom is -0.486 e. The zero-order chi connectivity index (χ0) is 18.5. The van der Waals surface area contributed by atoms with E-state index in [9.17, 15) is 0 Å². The zero-order valence-electron chi connectivity index (χ0n) is 15.7. The molecule has 144 valence electrons. The normalized spacial score (nSPS) is 19.0. The SMILES string of the molecule is N[C@H](CN1CCCC1)[C@H](OCc1ccccc1)c1ccc2c(c1)OCCO2. The number of nitrogens with two attached hydrogens (primary N) is 1. The lowest BCUT2D eigenvalue weighted by Crippen LogP contribution is -2.41. The summed E-state index contributed by atoms with van der Waals surface area (Å²) in [5.41, 5.74) is 8.82. The summed E-state index contributed by atoms with van der Waals surface area (Å²) < 4.78 is 17.7. The number of fused-ring (bicyclic) bond motifs is 1. The number of likely N-dealkylation sites (tertiary alicyclic amines) is 1. The van der Waals surface area contributed by atoms with E-state index >= 15 is 0 Å². The van der Waals surface area contributed by atoms with Crippen molar-refractivity contribution in [3.63, 3.8) is 0 Å². The van der Waals surface area contributed by atoms with E-state index < -0.39 is 0 Å². The smallest absolute Gasteiger partial charge is 0.161 e. The predicted octanol–water partition coefficient (Wildman–Crippen LogP) is 3.14. The Kier molecular flexibility index (Phi) is 5.92. The molecule has 2 aromatic carbocycles. The molecule has 0 bridgehead atoms. The monoisotopic (exact) mass is 368 g/mol. The maximum atomic E-state index is 6.63. The van der Waals surface area contributed by atoms with Gasteiger partial charge in [0.05, 0.1) is 12.7 Å². The molecular weight excluding hydrogens is 340 g/mol. The van der Waals surface area contributed by atoms with Crippen LogP contribution in [-0.4, -0.2) is 43.8 Å². The Bertz CT molecular complexity index is 732. The molecule has 2 N–H and O–H groups in total. The highest BCUT2D eigenvalue weighted by molar-refractivity contribution is 5.44. The van der Waals surface area contributed by atoms with E-state index in [-0.39, 0.29) is 12.1 Å². The molecule has 27 heavy (non-hydrogen) atoms. The van der Waals surface area contributed by atoms with Gasteiger partial charge in [0.15, 0.2) is 11.5 Å². The average Bonchev–Trinajstić information content (AvgIpc) is 3.22. The fourth-order valence-electron chi connectivity index (χ4n) is 3.82.